The van der Waals surface area contributed by atoms with E-state index in [0.29, 0.717) is 12.2 Å². The number of amides is 1. The van der Waals surface area contributed by atoms with Crippen molar-refractivity contribution in [1.29, 1.82) is 0 Å². The number of rotatable bonds is 6. The molecule has 3 aromatic rings. The van der Waals surface area contributed by atoms with Crippen molar-refractivity contribution in [3.63, 3.8) is 0 Å². The van der Waals surface area contributed by atoms with Crippen LogP contribution in [0.25, 0.3) is 10.9 Å². The Morgan fingerprint density at radius 2 is 1.88 bits per heavy atom. The third-order valence-electron chi connectivity index (χ3n) is 4.48. The van der Waals surface area contributed by atoms with Gasteiger partial charge in [-0.25, -0.2) is 4.98 Å². The number of pyridine rings is 1. The Morgan fingerprint density at radius 1 is 1.08 bits per heavy atom. The summed E-state index contributed by atoms with van der Waals surface area (Å²) in [5.41, 5.74) is 5.54. The summed E-state index contributed by atoms with van der Waals surface area (Å²) < 4.78 is 0. The average Bonchev–Trinajstić information content (AvgIpc) is 2.63. The second-order valence-corrected chi connectivity index (χ2v) is 7.52. The molecule has 0 saturated carbocycles. The molecule has 0 bridgehead atoms. The number of aromatic nitrogens is 1. The van der Waals surface area contributed by atoms with Gasteiger partial charge in [-0.3, -0.25) is 4.79 Å². The van der Waals surface area contributed by atoms with E-state index in [0.717, 1.165) is 28.2 Å². The molecule has 0 aliphatic rings. The van der Waals surface area contributed by atoms with Crippen molar-refractivity contribution in [3.05, 3.63) is 65.2 Å². The quantitative estimate of drug-likeness (QED) is 0.584. The highest BCUT2D eigenvalue weighted by molar-refractivity contribution is 7.99. The van der Waals surface area contributed by atoms with Gasteiger partial charge in [0.2, 0.25) is 5.91 Å². The first-order valence-electron chi connectivity index (χ1n) is 8.96. The SMILES string of the molecule is CCc1ccccc1NC(=O)CCSc1cc(C)c2cccc(C)c2n1. The van der Waals surface area contributed by atoms with Crippen LogP contribution in [0.2, 0.25) is 0 Å². The smallest absolute Gasteiger partial charge is 0.225 e. The number of carbonyl (C=O) groups is 1. The minimum atomic E-state index is 0.0482. The Morgan fingerprint density at radius 3 is 2.69 bits per heavy atom. The molecule has 1 N–H and O–H groups in total. The lowest BCUT2D eigenvalue weighted by atomic mass is 10.1. The summed E-state index contributed by atoms with van der Waals surface area (Å²) in [5.74, 6) is 0.760. The van der Waals surface area contributed by atoms with E-state index in [1.807, 2.05) is 18.2 Å². The minimum absolute atomic E-state index is 0.0482. The predicted molar refractivity (Wildman–Crippen MR) is 111 cm³/mol. The third-order valence-corrected chi connectivity index (χ3v) is 5.39. The third kappa shape index (κ3) is 4.25. The molecule has 0 spiro atoms. The van der Waals surface area contributed by atoms with Gasteiger partial charge in [-0.15, -0.1) is 11.8 Å². The maximum absolute atomic E-state index is 12.3. The lowest BCUT2D eigenvalue weighted by molar-refractivity contribution is -0.115. The van der Waals surface area contributed by atoms with Gasteiger partial charge in [0, 0.05) is 23.2 Å². The number of anilines is 1. The van der Waals surface area contributed by atoms with E-state index < -0.39 is 0 Å². The summed E-state index contributed by atoms with van der Waals surface area (Å²) in [6, 6.07) is 16.3. The van der Waals surface area contributed by atoms with Gasteiger partial charge in [-0.2, -0.15) is 0 Å². The maximum atomic E-state index is 12.3. The molecule has 4 heteroatoms. The van der Waals surface area contributed by atoms with Crippen LogP contribution in [0.5, 0.6) is 0 Å². The molecule has 2 aromatic carbocycles. The van der Waals surface area contributed by atoms with Gasteiger partial charge in [0.15, 0.2) is 0 Å². The number of carbonyl (C=O) groups excluding carboxylic acids is 1. The molecule has 0 saturated heterocycles. The van der Waals surface area contributed by atoms with Crippen LogP contribution in [0.15, 0.2) is 53.6 Å². The predicted octanol–water partition coefficient (Wildman–Crippen LogP) is 5.53. The van der Waals surface area contributed by atoms with Gasteiger partial charge in [0.1, 0.15) is 0 Å². The standard InChI is InChI=1S/C22H24N2OS/c1-4-17-9-5-6-11-19(17)23-20(25)12-13-26-21-14-16(3)18-10-7-8-15(2)22(18)24-21/h5-11,14H,4,12-13H2,1-3H3,(H,23,25). The molecule has 0 aliphatic carbocycles. The Kier molecular flexibility index (Phi) is 5.94. The van der Waals surface area contributed by atoms with E-state index in [2.05, 4.69) is 56.4 Å². The molecule has 1 amide bonds. The fraction of sp³-hybridized carbons (Fsp3) is 0.273. The van der Waals surface area contributed by atoms with Crippen molar-refractivity contribution in [3.8, 4) is 0 Å². The van der Waals surface area contributed by atoms with Gasteiger partial charge in [0.25, 0.3) is 0 Å². The Bertz CT molecular complexity index is 937. The molecular weight excluding hydrogens is 340 g/mol. The fourth-order valence-corrected chi connectivity index (χ4v) is 3.93. The second kappa shape index (κ2) is 8.37. The fourth-order valence-electron chi connectivity index (χ4n) is 3.02. The summed E-state index contributed by atoms with van der Waals surface area (Å²) in [5, 5.41) is 5.20. The molecule has 134 valence electrons. The highest BCUT2D eigenvalue weighted by Gasteiger charge is 2.08. The molecule has 0 atom stereocenters. The zero-order valence-electron chi connectivity index (χ0n) is 15.5. The lowest BCUT2D eigenvalue weighted by Gasteiger charge is -2.10. The first kappa shape index (κ1) is 18.5. The number of nitrogens with zero attached hydrogens (tertiary/aromatic N) is 1. The number of aryl methyl sites for hydroxylation is 3. The summed E-state index contributed by atoms with van der Waals surface area (Å²) in [6.07, 6.45) is 1.38. The Hall–Kier alpha value is -2.33. The zero-order valence-corrected chi connectivity index (χ0v) is 16.3. The molecule has 1 aromatic heterocycles. The number of hydrogen-bond acceptors (Lipinski definition) is 3. The van der Waals surface area contributed by atoms with Crippen LogP contribution in [-0.4, -0.2) is 16.6 Å². The number of nitrogens with one attached hydrogen (secondary N) is 1. The average molecular weight is 365 g/mol. The van der Waals surface area contributed by atoms with E-state index in [1.165, 1.54) is 16.5 Å². The number of benzene rings is 2. The number of thioether (sulfide) groups is 1. The highest BCUT2D eigenvalue weighted by atomic mass is 32.2. The largest absolute Gasteiger partial charge is 0.326 e. The highest BCUT2D eigenvalue weighted by Crippen LogP contribution is 2.26. The number of fused-ring (bicyclic) bond motifs is 1. The van der Waals surface area contributed by atoms with Crippen LogP contribution in [0, 0.1) is 13.8 Å². The molecular formula is C22H24N2OS. The second-order valence-electron chi connectivity index (χ2n) is 6.41. The van der Waals surface area contributed by atoms with E-state index in [4.69, 9.17) is 4.98 Å². The topological polar surface area (TPSA) is 42.0 Å². The summed E-state index contributed by atoms with van der Waals surface area (Å²) >= 11 is 1.64. The van der Waals surface area contributed by atoms with Gasteiger partial charge in [-0.1, -0.05) is 43.3 Å². The Labute approximate surface area is 159 Å². The Balaban J connectivity index is 1.62. The molecule has 3 nitrogen and oxygen atoms in total. The number of para-hydroxylation sites is 2. The maximum Gasteiger partial charge on any atom is 0.225 e. The van der Waals surface area contributed by atoms with Crippen LogP contribution in [0.4, 0.5) is 5.69 Å². The molecule has 0 aliphatic heterocycles. The van der Waals surface area contributed by atoms with Gasteiger partial charge < -0.3 is 5.32 Å². The minimum Gasteiger partial charge on any atom is -0.326 e. The summed E-state index contributed by atoms with van der Waals surface area (Å²) in [6.45, 7) is 6.29. The molecule has 0 fully saturated rings. The van der Waals surface area contributed by atoms with Crippen LogP contribution in [0.1, 0.15) is 30.0 Å². The lowest BCUT2D eigenvalue weighted by Crippen LogP contribution is -2.13. The van der Waals surface area contributed by atoms with Gasteiger partial charge in [-0.05, 0) is 49.1 Å². The van der Waals surface area contributed by atoms with Crippen molar-refractivity contribution >= 4 is 34.3 Å². The molecule has 1 heterocycles. The van der Waals surface area contributed by atoms with Gasteiger partial charge >= 0.3 is 0 Å². The monoisotopic (exact) mass is 364 g/mol. The first-order valence-corrected chi connectivity index (χ1v) is 9.94. The zero-order chi connectivity index (χ0) is 18.5. The molecule has 3 rings (SSSR count). The van der Waals surface area contributed by atoms with Gasteiger partial charge in [0.05, 0.1) is 10.5 Å². The van der Waals surface area contributed by atoms with Crippen molar-refractivity contribution in [1.82, 2.24) is 4.98 Å². The van der Waals surface area contributed by atoms with Crippen LogP contribution in [-0.2, 0) is 11.2 Å². The first-order chi connectivity index (χ1) is 12.6. The van der Waals surface area contributed by atoms with Crippen LogP contribution in [0.3, 0.4) is 0 Å². The van der Waals surface area contributed by atoms with Crippen molar-refractivity contribution < 1.29 is 4.79 Å². The molecule has 0 radical (unpaired) electrons. The van der Waals surface area contributed by atoms with Crippen molar-refractivity contribution in [2.75, 3.05) is 11.1 Å². The normalized spacial score (nSPS) is 10.9. The number of hydrogen-bond donors (Lipinski definition) is 1. The van der Waals surface area contributed by atoms with Crippen LogP contribution < -0.4 is 5.32 Å². The van der Waals surface area contributed by atoms with Crippen LogP contribution >= 0.6 is 11.8 Å². The van der Waals surface area contributed by atoms with Crippen molar-refractivity contribution in [2.24, 2.45) is 0 Å². The van der Waals surface area contributed by atoms with E-state index in [-0.39, 0.29) is 5.91 Å². The summed E-state index contributed by atoms with van der Waals surface area (Å²) in [7, 11) is 0. The molecule has 0 unspecified atom stereocenters. The van der Waals surface area contributed by atoms with E-state index >= 15 is 0 Å². The summed E-state index contributed by atoms with van der Waals surface area (Å²) in [4.78, 5) is 17.0. The van der Waals surface area contributed by atoms with E-state index in [9.17, 15) is 4.79 Å². The molecule has 26 heavy (non-hydrogen) atoms. The van der Waals surface area contributed by atoms with Crippen molar-refractivity contribution in [2.45, 2.75) is 38.6 Å². The van der Waals surface area contributed by atoms with E-state index in [1.54, 1.807) is 11.8 Å².